The van der Waals surface area contributed by atoms with Crippen molar-refractivity contribution < 1.29 is 4.79 Å². The summed E-state index contributed by atoms with van der Waals surface area (Å²) in [6.45, 7) is 1.65. The molecule has 0 aliphatic heterocycles. The van der Waals surface area contributed by atoms with E-state index >= 15 is 0 Å². The molecule has 1 unspecified atom stereocenters. The lowest BCUT2D eigenvalue weighted by Crippen LogP contribution is -2.42. The summed E-state index contributed by atoms with van der Waals surface area (Å²) in [5.74, 6) is -0.192. The van der Waals surface area contributed by atoms with Crippen LogP contribution in [0.4, 0.5) is 5.69 Å². The molecule has 0 saturated heterocycles. The summed E-state index contributed by atoms with van der Waals surface area (Å²) in [4.78, 5) is 28.0. The van der Waals surface area contributed by atoms with Crippen LogP contribution in [0.15, 0.2) is 11.1 Å². The highest BCUT2D eigenvalue weighted by molar-refractivity contribution is 6.31. The Hall–Kier alpha value is -1.56. The maximum Gasteiger partial charge on any atom is 0.278 e. The number of halogens is 1. The van der Waals surface area contributed by atoms with Gasteiger partial charge >= 0.3 is 0 Å². The van der Waals surface area contributed by atoms with Crippen molar-refractivity contribution in [3.8, 4) is 0 Å². The van der Waals surface area contributed by atoms with Gasteiger partial charge in [0.25, 0.3) is 5.56 Å². The number of hydrogen-bond donors (Lipinski definition) is 2. The lowest BCUT2D eigenvalue weighted by molar-refractivity contribution is -0.124. The molecule has 1 heterocycles. The smallest absolute Gasteiger partial charge is 0.278 e. The third-order valence-corrected chi connectivity index (χ3v) is 4.03. The maximum atomic E-state index is 12.2. The van der Waals surface area contributed by atoms with Crippen LogP contribution in [0, 0.1) is 0 Å². The second-order valence-electron chi connectivity index (χ2n) is 5.18. The molecule has 1 amide bonds. The molecule has 1 saturated carbocycles. The van der Waals surface area contributed by atoms with Crippen molar-refractivity contribution in [2.24, 2.45) is 0 Å². The molecule has 0 spiro atoms. The Kier molecular flexibility index (Phi) is 4.65. The Morgan fingerprint density at radius 1 is 1.50 bits per heavy atom. The third-order valence-electron chi connectivity index (χ3n) is 3.73. The number of nitrogen functional groups attached to an aromatic ring is 1. The Bertz CT molecular complexity index is 552. The van der Waals surface area contributed by atoms with E-state index in [1.807, 2.05) is 0 Å². The normalized spacial score (nSPS) is 17.7. The van der Waals surface area contributed by atoms with E-state index in [-0.39, 0.29) is 22.8 Å². The number of anilines is 1. The Labute approximate surface area is 122 Å². The fourth-order valence-corrected chi connectivity index (χ4v) is 2.56. The molecule has 1 aromatic heterocycles. The van der Waals surface area contributed by atoms with Crippen LogP contribution in [0.2, 0.25) is 5.15 Å². The lowest BCUT2D eigenvalue weighted by Gasteiger charge is -2.25. The summed E-state index contributed by atoms with van der Waals surface area (Å²) < 4.78 is 1.21. The van der Waals surface area contributed by atoms with Gasteiger partial charge in [0.2, 0.25) is 5.91 Å². The summed E-state index contributed by atoms with van der Waals surface area (Å²) in [6.07, 6.45) is 6.73. The number of carbonyl (C=O) groups excluding carboxylic acids is 1. The Morgan fingerprint density at radius 3 is 2.80 bits per heavy atom. The summed E-state index contributed by atoms with van der Waals surface area (Å²) >= 11 is 5.68. The molecule has 1 atom stereocenters. The summed E-state index contributed by atoms with van der Waals surface area (Å²) in [7, 11) is 0. The van der Waals surface area contributed by atoms with Gasteiger partial charge in [-0.05, 0) is 19.8 Å². The SMILES string of the molecule is CC(C(=O)NC1CCCCC1)n1cnc(Cl)c(N)c1=O. The van der Waals surface area contributed by atoms with Crippen molar-refractivity contribution in [2.75, 3.05) is 5.73 Å². The van der Waals surface area contributed by atoms with Gasteiger partial charge in [-0.3, -0.25) is 14.2 Å². The molecule has 110 valence electrons. The van der Waals surface area contributed by atoms with Crippen molar-refractivity contribution in [2.45, 2.75) is 51.1 Å². The first-order valence-corrected chi connectivity index (χ1v) is 7.21. The van der Waals surface area contributed by atoms with Gasteiger partial charge in [-0.15, -0.1) is 0 Å². The van der Waals surface area contributed by atoms with Crippen LogP contribution in [0.5, 0.6) is 0 Å². The first kappa shape index (κ1) is 14.8. The minimum atomic E-state index is -0.656. The topological polar surface area (TPSA) is 90.0 Å². The molecule has 6 nitrogen and oxygen atoms in total. The number of hydrogen-bond acceptors (Lipinski definition) is 4. The van der Waals surface area contributed by atoms with Crippen LogP contribution in [0.1, 0.15) is 45.1 Å². The average molecular weight is 299 g/mol. The first-order valence-electron chi connectivity index (χ1n) is 6.83. The van der Waals surface area contributed by atoms with E-state index in [2.05, 4.69) is 10.3 Å². The quantitative estimate of drug-likeness (QED) is 0.827. The second-order valence-corrected chi connectivity index (χ2v) is 5.54. The number of nitrogens with one attached hydrogen (secondary N) is 1. The minimum absolute atomic E-state index is 0.0360. The van der Waals surface area contributed by atoms with Crippen molar-refractivity contribution in [3.05, 3.63) is 21.8 Å². The predicted octanol–water partition coefficient (Wildman–Crippen LogP) is 1.49. The van der Waals surface area contributed by atoms with Crippen LogP contribution < -0.4 is 16.6 Å². The molecule has 0 radical (unpaired) electrons. The maximum absolute atomic E-state index is 12.2. The summed E-state index contributed by atoms with van der Waals surface area (Å²) in [5, 5.41) is 2.94. The number of aromatic nitrogens is 2. The number of nitrogens with zero attached hydrogens (tertiary/aromatic N) is 2. The zero-order valence-corrected chi connectivity index (χ0v) is 12.2. The molecular weight excluding hydrogens is 280 g/mol. The standard InChI is InChI=1S/C13H19ClN4O2/c1-8(12(19)17-9-5-3-2-4-6-9)18-7-16-11(14)10(15)13(18)20/h7-9H,2-6,15H2,1H3,(H,17,19). The highest BCUT2D eigenvalue weighted by Gasteiger charge is 2.22. The van der Waals surface area contributed by atoms with Crippen LogP contribution >= 0.6 is 11.6 Å². The number of carbonyl (C=O) groups is 1. The van der Waals surface area contributed by atoms with Gasteiger partial charge in [-0.1, -0.05) is 30.9 Å². The van der Waals surface area contributed by atoms with Crippen LogP contribution in [0.25, 0.3) is 0 Å². The van der Waals surface area contributed by atoms with Gasteiger partial charge in [0.15, 0.2) is 5.15 Å². The first-order chi connectivity index (χ1) is 9.50. The number of nitrogens with two attached hydrogens (primary N) is 1. The van der Waals surface area contributed by atoms with E-state index in [0.717, 1.165) is 25.7 Å². The van der Waals surface area contributed by atoms with Crippen molar-refractivity contribution in [3.63, 3.8) is 0 Å². The number of rotatable bonds is 3. The molecule has 20 heavy (non-hydrogen) atoms. The highest BCUT2D eigenvalue weighted by atomic mass is 35.5. The van der Waals surface area contributed by atoms with Gasteiger partial charge in [0.1, 0.15) is 18.1 Å². The van der Waals surface area contributed by atoms with E-state index in [0.29, 0.717) is 0 Å². The van der Waals surface area contributed by atoms with Crippen molar-refractivity contribution in [1.82, 2.24) is 14.9 Å². The molecule has 1 fully saturated rings. The van der Waals surface area contributed by atoms with E-state index < -0.39 is 11.6 Å². The molecule has 1 aromatic rings. The molecule has 1 aliphatic rings. The van der Waals surface area contributed by atoms with E-state index in [9.17, 15) is 9.59 Å². The third kappa shape index (κ3) is 3.12. The van der Waals surface area contributed by atoms with E-state index in [4.69, 9.17) is 17.3 Å². The molecule has 0 aromatic carbocycles. The van der Waals surface area contributed by atoms with Crippen LogP contribution in [-0.2, 0) is 4.79 Å². The van der Waals surface area contributed by atoms with E-state index in [1.165, 1.54) is 17.3 Å². The van der Waals surface area contributed by atoms with Gasteiger partial charge < -0.3 is 11.1 Å². The van der Waals surface area contributed by atoms with Gasteiger partial charge in [0.05, 0.1) is 0 Å². The second kappa shape index (κ2) is 6.26. The molecule has 2 rings (SSSR count). The fraction of sp³-hybridized carbons (Fsp3) is 0.615. The average Bonchev–Trinajstić information content (AvgIpc) is 2.45. The largest absolute Gasteiger partial charge is 0.392 e. The fourth-order valence-electron chi connectivity index (χ4n) is 2.43. The van der Waals surface area contributed by atoms with Gasteiger partial charge in [-0.2, -0.15) is 0 Å². The molecule has 1 aliphatic carbocycles. The lowest BCUT2D eigenvalue weighted by atomic mass is 9.95. The Morgan fingerprint density at radius 2 is 2.15 bits per heavy atom. The van der Waals surface area contributed by atoms with Gasteiger partial charge in [-0.25, -0.2) is 4.98 Å². The van der Waals surface area contributed by atoms with Crippen LogP contribution in [-0.4, -0.2) is 21.5 Å². The van der Waals surface area contributed by atoms with Crippen molar-refractivity contribution >= 4 is 23.2 Å². The van der Waals surface area contributed by atoms with Crippen LogP contribution in [0.3, 0.4) is 0 Å². The monoisotopic (exact) mass is 298 g/mol. The predicted molar refractivity (Wildman–Crippen MR) is 77.6 cm³/mol. The van der Waals surface area contributed by atoms with Crippen molar-refractivity contribution in [1.29, 1.82) is 0 Å². The summed E-state index contributed by atoms with van der Waals surface area (Å²) in [6, 6.07) is -0.455. The highest BCUT2D eigenvalue weighted by Crippen LogP contribution is 2.18. The van der Waals surface area contributed by atoms with Gasteiger partial charge in [0, 0.05) is 6.04 Å². The minimum Gasteiger partial charge on any atom is -0.392 e. The zero-order valence-electron chi connectivity index (χ0n) is 11.4. The number of amides is 1. The molecule has 0 bridgehead atoms. The Balaban J connectivity index is 2.10. The molecular formula is C13H19ClN4O2. The van der Waals surface area contributed by atoms with E-state index in [1.54, 1.807) is 6.92 Å². The molecule has 3 N–H and O–H groups in total. The zero-order chi connectivity index (χ0) is 14.7. The molecule has 7 heteroatoms. The summed E-state index contributed by atoms with van der Waals surface area (Å²) in [5.41, 5.74) is 4.92.